The van der Waals surface area contributed by atoms with Crippen molar-refractivity contribution in [1.82, 2.24) is 21.3 Å². The molecule has 0 aliphatic rings. The van der Waals surface area contributed by atoms with Crippen LogP contribution in [0, 0.1) is 11.8 Å². The number of alkyl carbamates (subject to hydrolysis) is 2. The molecule has 11 nitrogen and oxygen atoms in total. The molecule has 0 fully saturated rings. The van der Waals surface area contributed by atoms with E-state index in [2.05, 4.69) is 21.3 Å². The number of carbonyl (C=O) groups excluding carboxylic acids is 5. The van der Waals surface area contributed by atoms with E-state index >= 15 is 0 Å². The summed E-state index contributed by atoms with van der Waals surface area (Å²) in [5, 5.41) is 11.1. The normalized spacial score (nSPS) is 13.1. The lowest BCUT2D eigenvalue weighted by molar-refractivity contribution is -0.132. The van der Waals surface area contributed by atoms with Crippen LogP contribution in [0.5, 0.6) is 0 Å². The first-order valence-corrected chi connectivity index (χ1v) is 18.2. The first kappa shape index (κ1) is 40.8. The molecule has 54 heavy (non-hydrogen) atoms. The van der Waals surface area contributed by atoms with Crippen LogP contribution in [0.3, 0.4) is 0 Å². The second-order valence-corrected chi connectivity index (χ2v) is 13.8. The second-order valence-electron chi connectivity index (χ2n) is 13.8. The molecule has 4 rings (SSSR count). The number of amides is 4. The topological polar surface area (TPSA) is 152 Å². The highest BCUT2D eigenvalue weighted by Gasteiger charge is 2.35. The third-order valence-electron chi connectivity index (χ3n) is 8.76. The molecule has 4 aromatic carbocycles. The van der Waals surface area contributed by atoms with E-state index in [9.17, 15) is 24.0 Å². The maximum absolute atomic E-state index is 14.6. The Balaban J connectivity index is 1.54. The maximum atomic E-state index is 14.6. The van der Waals surface area contributed by atoms with E-state index in [0.717, 1.165) is 22.3 Å². The summed E-state index contributed by atoms with van der Waals surface area (Å²) in [6.07, 6.45) is -1.31. The predicted octanol–water partition coefficient (Wildman–Crippen LogP) is 5.91. The van der Waals surface area contributed by atoms with Crippen LogP contribution in [0.15, 0.2) is 121 Å². The van der Waals surface area contributed by atoms with Gasteiger partial charge >= 0.3 is 12.2 Å². The largest absolute Gasteiger partial charge is 0.445 e. The van der Waals surface area contributed by atoms with Crippen LogP contribution < -0.4 is 21.3 Å². The van der Waals surface area contributed by atoms with Crippen molar-refractivity contribution < 1.29 is 33.4 Å². The van der Waals surface area contributed by atoms with Gasteiger partial charge in [-0.15, -0.1) is 0 Å². The fourth-order valence-corrected chi connectivity index (χ4v) is 5.76. The molecule has 0 aromatic heterocycles. The molecule has 2 unspecified atom stereocenters. The quantitative estimate of drug-likeness (QED) is 0.0992. The highest BCUT2D eigenvalue weighted by molar-refractivity contribution is 5.98. The first-order valence-electron chi connectivity index (χ1n) is 18.2. The number of hydrogen-bond acceptors (Lipinski definition) is 7. The van der Waals surface area contributed by atoms with E-state index in [1.807, 2.05) is 121 Å². The van der Waals surface area contributed by atoms with Gasteiger partial charge in [-0.2, -0.15) is 0 Å². The van der Waals surface area contributed by atoms with Gasteiger partial charge in [0.25, 0.3) is 0 Å². The lowest BCUT2D eigenvalue weighted by atomic mass is 9.92. The molecule has 0 saturated heterocycles. The van der Waals surface area contributed by atoms with Crippen molar-refractivity contribution in [2.24, 2.45) is 11.8 Å². The average molecular weight is 735 g/mol. The number of rotatable bonds is 18. The molecule has 4 aromatic rings. The van der Waals surface area contributed by atoms with E-state index < -0.39 is 54.0 Å². The zero-order valence-corrected chi connectivity index (χ0v) is 31.2. The number of carbonyl (C=O) groups is 5. The van der Waals surface area contributed by atoms with E-state index in [1.165, 1.54) is 0 Å². The summed E-state index contributed by atoms with van der Waals surface area (Å²) in [5.41, 5.74) is 3.13. The molecular weight excluding hydrogens is 684 g/mol. The van der Waals surface area contributed by atoms with Crippen molar-refractivity contribution in [2.45, 2.75) is 77.9 Å². The standard InChI is InChI=1S/C43H50N4O7/c1-29(2)37(46-42(51)53-27-33-21-13-7-14-22-33)40(49)44-35(25-31-17-9-5-10-18-31)39(48)36(26-32-19-11-6-12-20-32)45-41(50)38(30(3)4)47-43(52)54-28-34-23-15-8-16-24-34/h5-24,29-30,35-38H,25-28H2,1-4H3,(H,44,49)(H,45,50)(H,46,51)(H,47,52)/t35?,36?,37-,38-/m0/s1. The number of Topliss-reactive ketones (excluding diaryl/α,β-unsaturated/α-hetero) is 1. The SMILES string of the molecule is CC(C)[C@H](NC(=O)OCc1ccccc1)C(=O)NC(Cc1ccccc1)C(=O)C(Cc1ccccc1)NC(=O)[C@@H](NC(=O)OCc1ccccc1)C(C)C. The monoisotopic (exact) mass is 734 g/mol. The molecule has 0 radical (unpaired) electrons. The Bertz CT molecular complexity index is 1660. The molecule has 284 valence electrons. The van der Waals surface area contributed by atoms with Gasteiger partial charge in [0, 0.05) is 0 Å². The van der Waals surface area contributed by atoms with Gasteiger partial charge in [-0.05, 0) is 46.9 Å². The van der Waals surface area contributed by atoms with E-state index in [0.29, 0.717) is 0 Å². The zero-order chi connectivity index (χ0) is 38.9. The van der Waals surface area contributed by atoms with Gasteiger partial charge in [-0.25, -0.2) is 9.59 Å². The molecule has 0 aliphatic carbocycles. The van der Waals surface area contributed by atoms with Crippen LogP contribution in [0.25, 0.3) is 0 Å². The Labute approximate surface area is 317 Å². The number of benzene rings is 4. The van der Waals surface area contributed by atoms with Crippen LogP contribution in [-0.4, -0.2) is 54.0 Å². The van der Waals surface area contributed by atoms with E-state index in [-0.39, 0.29) is 37.9 Å². The zero-order valence-electron chi connectivity index (χ0n) is 31.2. The van der Waals surface area contributed by atoms with Gasteiger partial charge in [0.2, 0.25) is 11.8 Å². The third kappa shape index (κ3) is 13.2. The molecule has 0 heterocycles. The summed E-state index contributed by atoms with van der Waals surface area (Å²) < 4.78 is 10.8. The van der Waals surface area contributed by atoms with Crippen LogP contribution in [0.1, 0.15) is 49.9 Å². The maximum Gasteiger partial charge on any atom is 0.408 e. The molecule has 4 amide bonds. The van der Waals surface area contributed by atoms with Gasteiger partial charge < -0.3 is 30.7 Å². The minimum absolute atomic E-state index is 0.0199. The van der Waals surface area contributed by atoms with E-state index in [4.69, 9.17) is 9.47 Å². The average Bonchev–Trinajstić information content (AvgIpc) is 3.17. The summed E-state index contributed by atoms with van der Waals surface area (Å²) in [4.78, 5) is 68.1. The highest BCUT2D eigenvalue weighted by Crippen LogP contribution is 2.14. The summed E-state index contributed by atoms with van der Waals surface area (Å²) >= 11 is 0. The van der Waals surface area contributed by atoms with Crippen LogP contribution in [0.4, 0.5) is 9.59 Å². The Kier molecular flexibility index (Phi) is 15.8. The molecule has 0 bridgehead atoms. The van der Waals surface area contributed by atoms with Gasteiger partial charge in [0.05, 0.1) is 12.1 Å². The highest BCUT2D eigenvalue weighted by atomic mass is 16.6. The van der Waals surface area contributed by atoms with Gasteiger partial charge in [-0.3, -0.25) is 14.4 Å². The summed E-state index contributed by atoms with van der Waals surface area (Å²) in [5.74, 6) is -2.33. The van der Waals surface area contributed by atoms with Gasteiger partial charge in [0.1, 0.15) is 25.3 Å². The minimum Gasteiger partial charge on any atom is -0.445 e. The predicted molar refractivity (Wildman–Crippen MR) is 206 cm³/mol. The Morgan fingerprint density at radius 3 is 1.04 bits per heavy atom. The van der Waals surface area contributed by atoms with Crippen molar-refractivity contribution in [1.29, 1.82) is 0 Å². The molecule has 0 spiro atoms. The van der Waals surface area contributed by atoms with Crippen LogP contribution in [0.2, 0.25) is 0 Å². The van der Waals surface area contributed by atoms with Crippen molar-refractivity contribution >= 4 is 29.8 Å². The number of ether oxygens (including phenoxy) is 2. The summed E-state index contributed by atoms with van der Waals surface area (Å²) in [6.45, 7) is 7.14. The smallest absolute Gasteiger partial charge is 0.408 e. The summed E-state index contributed by atoms with van der Waals surface area (Å²) in [7, 11) is 0. The lowest BCUT2D eigenvalue weighted by Crippen LogP contribution is -2.59. The van der Waals surface area contributed by atoms with Crippen LogP contribution >= 0.6 is 0 Å². The minimum atomic E-state index is -1.10. The van der Waals surface area contributed by atoms with Crippen molar-refractivity contribution in [3.8, 4) is 0 Å². The molecule has 11 heteroatoms. The number of ketones is 1. The fraction of sp³-hybridized carbons (Fsp3) is 0.326. The van der Waals surface area contributed by atoms with Crippen molar-refractivity contribution in [2.75, 3.05) is 0 Å². The first-order chi connectivity index (χ1) is 26.0. The Morgan fingerprint density at radius 1 is 0.444 bits per heavy atom. The van der Waals surface area contributed by atoms with Gasteiger partial charge in [-0.1, -0.05) is 149 Å². The number of nitrogens with one attached hydrogen (secondary N) is 4. The Morgan fingerprint density at radius 2 is 0.741 bits per heavy atom. The lowest BCUT2D eigenvalue weighted by Gasteiger charge is -2.29. The van der Waals surface area contributed by atoms with E-state index in [1.54, 1.807) is 27.7 Å². The van der Waals surface area contributed by atoms with Gasteiger partial charge in [0.15, 0.2) is 5.78 Å². The third-order valence-corrected chi connectivity index (χ3v) is 8.76. The second kappa shape index (κ2) is 20.9. The van der Waals surface area contributed by atoms with Crippen molar-refractivity contribution in [3.63, 3.8) is 0 Å². The molecule has 0 aliphatic heterocycles. The Hall–Kier alpha value is -5.97. The van der Waals surface area contributed by atoms with Crippen molar-refractivity contribution in [3.05, 3.63) is 144 Å². The fourth-order valence-electron chi connectivity index (χ4n) is 5.76. The molecular formula is C43H50N4O7. The van der Waals surface area contributed by atoms with Crippen LogP contribution in [-0.2, 0) is 49.9 Å². The molecule has 4 N–H and O–H groups in total. The number of hydrogen-bond donors (Lipinski definition) is 4. The summed E-state index contributed by atoms with van der Waals surface area (Å²) in [6, 6.07) is 32.5. The molecule has 4 atom stereocenters. The molecule has 0 saturated carbocycles.